The Labute approximate surface area is 272 Å². The first-order chi connectivity index (χ1) is 22.7. The summed E-state index contributed by atoms with van der Waals surface area (Å²) >= 11 is 0. The summed E-state index contributed by atoms with van der Waals surface area (Å²) in [4.78, 5) is 67.6. The molecular weight excluding hydrogens is 640 g/mol. The first-order valence-electron chi connectivity index (χ1n) is 15.2. The minimum absolute atomic E-state index is 0.0424. The molecular formula is C31H36N2O15. The van der Waals surface area contributed by atoms with Crippen molar-refractivity contribution in [2.45, 2.75) is 75.3 Å². The van der Waals surface area contributed by atoms with Crippen molar-refractivity contribution >= 4 is 23.3 Å². The molecule has 0 amide bonds. The van der Waals surface area contributed by atoms with Crippen LogP contribution in [0.25, 0.3) is 0 Å². The number of esters is 1. The molecule has 2 fully saturated rings. The van der Waals surface area contributed by atoms with E-state index in [4.69, 9.17) is 24.7 Å². The van der Waals surface area contributed by atoms with Crippen molar-refractivity contribution in [3.05, 3.63) is 62.1 Å². The Hall–Kier alpha value is -4.42. The monoisotopic (exact) mass is 676 g/mol. The van der Waals surface area contributed by atoms with Crippen LogP contribution in [-0.4, -0.2) is 105 Å². The number of carbonyl (C=O) groups excluding carboxylic acids is 4. The highest BCUT2D eigenvalue weighted by Gasteiger charge is 2.56. The molecule has 1 aromatic rings. The molecule has 0 radical (unpaired) electrons. The molecule has 1 heterocycles. The number of carbonyl (C=O) groups is 4. The third-order valence-electron chi connectivity index (χ3n) is 9.14. The Morgan fingerprint density at radius 2 is 1.88 bits per heavy atom. The van der Waals surface area contributed by atoms with Crippen molar-refractivity contribution in [1.82, 2.24) is 0 Å². The Balaban J connectivity index is 1.49. The van der Waals surface area contributed by atoms with Crippen LogP contribution in [0.5, 0.6) is 5.75 Å². The highest BCUT2D eigenvalue weighted by Crippen LogP contribution is 2.51. The van der Waals surface area contributed by atoms with Gasteiger partial charge in [-0.15, -0.1) is 10.1 Å². The zero-order valence-electron chi connectivity index (χ0n) is 26.0. The number of ketones is 3. The highest BCUT2D eigenvalue weighted by molar-refractivity contribution is 6.19. The van der Waals surface area contributed by atoms with Gasteiger partial charge in [-0.2, -0.15) is 0 Å². The molecule has 1 saturated carbocycles. The van der Waals surface area contributed by atoms with Gasteiger partial charge in [0, 0.05) is 48.4 Å². The summed E-state index contributed by atoms with van der Waals surface area (Å²) in [6.07, 6.45) is -6.05. The molecule has 17 nitrogen and oxygen atoms in total. The van der Waals surface area contributed by atoms with Crippen LogP contribution in [0, 0.1) is 22.0 Å². The third-order valence-corrected chi connectivity index (χ3v) is 9.14. The van der Waals surface area contributed by atoms with Gasteiger partial charge in [-0.3, -0.25) is 19.2 Å². The van der Waals surface area contributed by atoms with Gasteiger partial charge in [-0.1, -0.05) is 12.1 Å². The van der Waals surface area contributed by atoms with E-state index in [9.17, 15) is 49.7 Å². The SMILES string of the molecule is COc1cccc2c1C(=O)C1C(O)=C3C(=C(O)C1C2=O)C[C@@](O)(C(=O)COC(=O)CCCO[N+](=O)[O-])C[C@@H]3OC1CC(N)C(O)C(C)O1. The normalized spacial score (nSPS) is 31.4. The van der Waals surface area contributed by atoms with Gasteiger partial charge in [0.1, 0.15) is 22.9 Å². The summed E-state index contributed by atoms with van der Waals surface area (Å²) in [7, 11) is 1.31. The zero-order chi connectivity index (χ0) is 35.1. The first-order valence-corrected chi connectivity index (χ1v) is 15.2. The van der Waals surface area contributed by atoms with E-state index < -0.39 is 107 Å². The maximum Gasteiger partial charge on any atom is 0.306 e. The van der Waals surface area contributed by atoms with Crippen LogP contribution in [0.1, 0.15) is 59.7 Å². The Morgan fingerprint density at radius 3 is 2.54 bits per heavy atom. The molecule has 5 rings (SSSR count). The first kappa shape index (κ1) is 34.9. The van der Waals surface area contributed by atoms with Crippen LogP contribution < -0.4 is 10.5 Å². The van der Waals surface area contributed by atoms with Crippen LogP contribution in [0.4, 0.5) is 0 Å². The predicted octanol–water partition coefficient (Wildman–Crippen LogP) is 0.778. The molecule has 6 unspecified atom stereocenters. The second-order valence-corrected chi connectivity index (χ2v) is 12.2. The molecule has 4 aliphatic rings. The van der Waals surface area contributed by atoms with Crippen molar-refractivity contribution < 1.29 is 68.5 Å². The number of Topliss-reactive ketones (excluding diaryl/α,β-unsaturated/α-hetero) is 3. The number of ether oxygens (including phenoxy) is 4. The van der Waals surface area contributed by atoms with Gasteiger partial charge in [0.2, 0.25) is 5.78 Å². The van der Waals surface area contributed by atoms with E-state index in [-0.39, 0.29) is 53.9 Å². The molecule has 1 aliphatic heterocycles. The third kappa shape index (κ3) is 6.38. The summed E-state index contributed by atoms with van der Waals surface area (Å²) < 4.78 is 22.2. The average Bonchev–Trinajstić information content (AvgIpc) is 3.04. The standard InChI is InChI=1S/C31H36N2O15/c1-13-26(36)16(32)9-21(47-13)48-18-11-31(41,19(34)12-45-20(35)7-4-8-46-33(42)43)10-15-23(18)30(40)25-24(28(15)38)27(37)14-5-3-6-17(44-2)22(14)29(25)39/h3,5-6,13,16,18,21,24-26,36,38,40-41H,4,7-12,32H2,1-2H3/t13?,16?,18-,21?,24?,25?,26?,31-/m0/s1. The van der Waals surface area contributed by atoms with E-state index in [0.717, 1.165) is 0 Å². The fourth-order valence-corrected chi connectivity index (χ4v) is 6.71. The lowest BCUT2D eigenvalue weighted by molar-refractivity contribution is -0.757. The van der Waals surface area contributed by atoms with Gasteiger partial charge in [-0.05, 0) is 19.4 Å². The van der Waals surface area contributed by atoms with Gasteiger partial charge in [0.15, 0.2) is 24.5 Å². The molecule has 1 saturated heterocycles. The van der Waals surface area contributed by atoms with E-state index in [1.54, 1.807) is 6.92 Å². The minimum Gasteiger partial charge on any atom is -0.511 e. The second kappa shape index (κ2) is 13.6. The highest BCUT2D eigenvalue weighted by atomic mass is 16.9. The fraction of sp³-hybridized carbons (Fsp3) is 0.548. The summed E-state index contributed by atoms with van der Waals surface area (Å²) in [5, 5.41) is 54.6. The van der Waals surface area contributed by atoms with Crippen LogP contribution >= 0.6 is 0 Å². The fourth-order valence-electron chi connectivity index (χ4n) is 6.71. The van der Waals surface area contributed by atoms with E-state index in [2.05, 4.69) is 4.84 Å². The van der Waals surface area contributed by atoms with Gasteiger partial charge < -0.3 is 49.9 Å². The molecule has 260 valence electrons. The lowest BCUT2D eigenvalue weighted by atomic mass is 9.63. The Morgan fingerprint density at radius 1 is 1.17 bits per heavy atom. The predicted molar refractivity (Wildman–Crippen MR) is 158 cm³/mol. The number of aliphatic hydroxyl groups is 4. The van der Waals surface area contributed by atoms with Crippen molar-refractivity contribution in [2.75, 3.05) is 20.3 Å². The molecule has 1 aromatic carbocycles. The minimum atomic E-state index is -2.38. The number of nitrogens with two attached hydrogens (primary N) is 1. The van der Waals surface area contributed by atoms with Crippen LogP contribution in [0.3, 0.4) is 0 Å². The maximum absolute atomic E-state index is 13.9. The molecule has 0 spiro atoms. The number of aliphatic hydroxyl groups excluding tert-OH is 3. The molecule has 48 heavy (non-hydrogen) atoms. The molecule has 3 aliphatic carbocycles. The maximum atomic E-state index is 13.9. The molecule has 8 atom stereocenters. The smallest absolute Gasteiger partial charge is 0.306 e. The number of hydrogen-bond donors (Lipinski definition) is 5. The summed E-state index contributed by atoms with van der Waals surface area (Å²) in [5.74, 6) is -7.69. The lowest BCUT2D eigenvalue weighted by Crippen LogP contribution is -2.55. The van der Waals surface area contributed by atoms with Crippen molar-refractivity contribution in [1.29, 1.82) is 0 Å². The quantitative estimate of drug-likeness (QED) is 0.0938. The zero-order valence-corrected chi connectivity index (χ0v) is 26.0. The van der Waals surface area contributed by atoms with Crippen LogP contribution in [0.2, 0.25) is 0 Å². The summed E-state index contributed by atoms with van der Waals surface area (Å²) in [6.45, 7) is 0.241. The second-order valence-electron chi connectivity index (χ2n) is 12.2. The van der Waals surface area contributed by atoms with Gasteiger partial charge in [0.05, 0.1) is 49.4 Å². The number of allylic oxidation sites excluding steroid dienone is 2. The number of methoxy groups -OCH3 is 1. The van der Waals surface area contributed by atoms with Crippen LogP contribution in [0.15, 0.2) is 40.9 Å². The molecule has 6 N–H and O–H groups in total. The Bertz CT molecular complexity index is 1570. The number of rotatable bonds is 11. The number of nitrogens with zero attached hydrogens (tertiary/aromatic N) is 1. The number of fused-ring (bicyclic) bond motifs is 3. The van der Waals surface area contributed by atoms with Gasteiger partial charge in [-0.25, -0.2) is 0 Å². The summed E-state index contributed by atoms with van der Waals surface area (Å²) in [5.41, 5.74) is 3.19. The van der Waals surface area contributed by atoms with E-state index in [0.29, 0.717) is 0 Å². The molecule has 17 heteroatoms. The van der Waals surface area contributed by atoms with Crippen molar-refractivity contribution in [3.63, 3.8) is 0 Å². The molecule has 0 aromatic heterocycles. The van der Waals surface area contributed by atoms with Gasteiger partial charge in [0.25, 0.3) is 5.09 Å². The topological polar surface area (TPSA) is 265 Å². The van der Waals surface area contributed by atoms with Crippen LogP contribution in [-0.2, 0) is 28.6 Å². The van der Waals surface area contributed by atoms with E-state index in [1.165, 1.54) is 25.3 Å². The van der Waals surface area contributed by atoms with Gasteiger partial charge >= 0.3 is 5.97 Å². The average molecular weight is 677 g/mol. The van der Waals surface area contributed by atoms with Crippen molar-refractivity contribution in [3.8, 4) is 5.75 Å². The van der Waals surface area contributed by atoms with Crippen molar-refractivity contribution in [2.24, 2.45) is 17.6 Å². The lowest BCUT2D eigenvalue weighted by Gasteiger charge is -2.45. The molecule has 0 bridgehead atoms. The number of hydrogen-bond acceptors (Lipinski definition) is 16. The Kier molecular flexibility index (Phi) is 9.89. The largest absolute Gasteiger partial charge is 0.511 e. The van der Waals surface area contributed by atoms with E-state index in [1.807, 2.05) is 0 Å². The number of benzene rings is 1. The van der Waals surface area contributed by atoms with E-state index >= 15 is 0 Å². The summed E-state index contributed by atoms with van der Waals surface area (Å²) in [6, 6.07) is 3.55.